The standard InChI is InChI=1S/C35H22N2O/c1-21-20-36-33-28-12-3-2-10-26(28)31-19-23(16-17-29(31)34(33)37-21)22-8-6-9-24(18-22)25-13-7-14-30-27-11-4-5-15-32(27)38-35(25)30/h2-20H,1H3. The maximum absolute atomic E-state index is 6.33. The van der Waals surface area contributed by atoms with Crippen LogP contribution in [-0.4, -0.2) is 9.97 Å². The number of hydrogen-bond donors (Lipinski definition) is 0. The van der Waals surface area contributed by atoms with Gasteiger partial charge in [0, 0.05) is 33.3 Å². The fourth-order valence-corrected chi connectivity index (χ4v) is 5.78. The summed E-state index contributed by atoms with van der Waals surface area (Å²) in [5.41, 5.74) is 9.24. The second-order valence-electron chi connectivity index (χ2n) is 9.88. The zero-order valence-corrected chi connectivity index (χ0v) is 20.8. The summed E-state index contributed by atoms with van der Waals surface area (Å²) in [6.45, 7) is 2.00. The normalized spacial score (nSPS) is 11.8. The van der Waals surface area contributed by atoms with Crippen molar-refractivity contribution in [3.63, 3.8) is 0 Å². The van der Waals surface area contributed by atoms with Crippen molar-refractivity contribution in [1.82, 2.24) is 9.97 Å². The molecule has 0 unspecified atom stereocenters. The van der Waals surface area contributed by atoms with E-state index in [0.29, 0.717) is 0 Å². The lowest BCUT2D eigenvalue weighted by molar-refractivity contribution is 0.670. The van der Waals surface area contributed by atoms with E-state index < -0.39 is 0 Å². The summed E-state index contributed by atoms with van der Waals surface area (Å²) in [4.78, 5) is 9.64. The number of para-hydroxylation sites is 2. The zero-order valence-electron chi connectivity index (χ0n) is 20.8. The highest BCUT2D eigenvalue weighted by Gasteiger charge is 2.14. The predicted octanol–water partition coefficient (Wildman–Crippen LogP) is 9.48. The van der Waals surface area contributed by atoms with Gasteiger partial charge in [-0.15, -0.1) is 0 Å². The summed E-state index contributed by atoms with van der Waals surface area (Å²) in [6, 6.07) is 38.5. The number of fused-ring (bicyclic) bond motifs is 9. The molecule has 38 heavy (non-hydrogen) atoms. The van der Waals surface area contributed by atoms with Gasteiger partial charge in [0.25, 0.3) is 0 Å². The molecule has 0 atom stereocenters. The first-order valence-electron chi connectivity index (χ1n) is 12.8. The van der Waals surface area contributed by atoms with Crippen LogP contribution in [-0.2, 0) is 0 Å². The number of furan rings is 1. The first-order chi connectivity index (χ1) is 18.7. The van der Waals surface area contributed by atoms with Crippen LogP contribution in [0.5, 0.6) is 0 Å². The Morgan fingerprint density at radius 1 is 0.526 bits per heavy atom. The van der Waals surface area contributed by atoms with E-state index in [2.05, 4.69) is 97.1 Å². The number of rotatable bonds is 2. The molecule has 0 aliphatic carbocycles. The third-order valence-corrected chi connectivity index (χ3v) is 7.55. The lowest BCUT2D eigenvalue weighted by atomic mass is 9.94. The van der Waals surface area contributed by atoms with E-state index in [4.69, 9.17) is 14.4 Å². The fraction of sp³-hybridized carbons (Fsp3) is 0.0286. The average molecular weight is 487 g/mol. The van der Waals surface area contributed by atoms with E-state index in [1.54, 1.807) is 0 Å². The van der Waals surface area contributed by atoms with Gasteiger partial charge in [-0.25, -0.2) is 4.98 Å². The van der Waals surface area contributed by atoms with E-state index in [9.17, 15) is 0 Å². The molecule has 178 valence electrons. The molecule has 0 aliphatic heterocycles. The maximum atomic E-state index is 6.33. The molecule has 8 aromatic rings. The predicted molar refractivity (Wildman–Crippen MR) is 157 cm³/mol. The van der Waals surface area contributed by atoms with Gasteiger partial charge < -0.3 is 4.42 Å². The summed E-state index contributed by atoms with van der Waals surface area (Å²) in [5.74, 6) is 0. The molecular weight excluding hydrogens is 464 g/mol. The first-order valence-corrected chi connectivity index (χ1v) is 12.8. The molecule has 2 aromatic heterocycles. The summed E-state index contributed by atoms with van der Waals surface area (Å²) < 4.78 is 6.33. The highest BCUT2D eigenvalue weighted by atomic mass is 16.3. The van der Waals surface area contributed by atoms with Crippen LogP contribution in [0.4, 0.5) is 0 Å². The summed E-state index contributed by atoms with van der Waals surface area (Å²) in [6.07, 6.45) is 1.85. The molecule has 3 nitrogen and oxygen atoms in total. The summed E-state index contributed by atoms with van der Waals surface area (Å²) in [5, 5.41) is 6.93. The van der Waals surface area contributed by atoms with Gasteiger partial charge in [0.05, 0.1) is 16.7 Å². The van der Waals surface area contributed by atoms with Gasteiger partial charge in [-0.2, -0.15) is 0 Å². The van der Waals surface area contributed by atoms with Crippen LogP contribution < -0.4 is 0 Å². The molecule has 0 aliphatic rings. The monoisotopic (exact) mass is 486 g/mol. The Bertz CT molecular complexity index is 2210. The second-order valence-corrected chi connectivity index (χ2v) is 9.88. The van der Waals surface area contributed by atoms with Gasteiger partial charge in [0.1, 0.15) is 11.2 Å². The number of aryl methyl sites for hydroxylation is 1. The van der Waals surface area contributed by atoms with E-state index in [-0.39, 0.29) is 0 Å². The molecule has 0 bridgehead atoms. The minimum Gasteiger partial charge on any atom is -0.455 e. The molecule has 6 aromatic carbocycles. The molecule has 0 amide bonds. The Hall–Kier alpha value is -5.02. The number of nitrogens with zero attached hydrogens (tertiary/aromatic N) is 2. The average Bonchev–Trinajstić information content (AvgIpc) is 3.36. The number of benzene rings is 6. The topological polar surface area (TPSA) is 38.9 Å². The minimum absolute atomic E-state index is 0.915. The van der Waals surface area contributed by atoms with Gasteiger partial charge in [-0.05, 0) is 52.6 Å². The van der Waals surface area contributed by atoms with Gasteiger partial charge in [-0.3, -0.25) is 4.98 Å². The van der Waals surface area contributed by atoms with Crippen molar-refractivity contribution in [3.8, 4) is 22.3 Å². The Morgan fingerprint density at radius 3 is 2.16 bits per heavy atom. The van der Waals surface area contributed by atoms with Crippen LogP contribution in [0, 0.1) is 6.92 Å². The SMILES string of the molecule is Cc1cnc2c3ccccc3c3cc(-c4cccc(-c5cccc6c5oc5ccccc56)c4)ccc3c2n1. The van der Waals surface area contributed by atoms with Crippen LogP contribution in [0.2, 0.25) is 0 Å². The van der Waals surface area contributed by atoms with Crippen LogP contribution in [0.3, 0.4) is 0 Å². The van der Waals surface area contributed by atoms with Crippen molar-refractivity contribution < 1.29 is 4.42 Å². The molecule has 0 fully saturated rings. The van der Waals surface area contributed by atoms with Crippen molar-refractivity contribution in [2.75, 3.05) is 0 Å². The third kappa shape index (κ3) is 3.09. The van der Waals surface area contributed by atoms with Gasteiger partial charge in [-0.1, -0.05) is 91.0 Å². The van der Waals surface area contributed by atoms with Crippen molar-refractivity contribution >= 4 is 54.5 Å². The van der Waals surface area contributed by atoms with Crippen LogP contribution >= 0.6 is 0 Å². The first kappa shape index (κ1) is 21.1. The van der Waals surface area contributed by atoms with Gasteiger partial charge in [0.2, 0.25) is 0 Å². The van der Waals surface area contributed by atoms with Crippen molar-refractivity contribution in [2.45, 2.75) is 6.92 Å². The van der Waals surface area contributed by atoms with E-state index >= 15 is 0 Å². The smallest absolute Gasteiger partial charge is 0.143 e. The number of aromatic nitrogens is 2. The second kappa shape index (κ2) is 7.99. The quantitative estimate of drug-likeness (QED) is 0.228. The molecule has 8 rings (SSSR count). The zero-order chi connectivity index (χ0) is 25.2. The lowest BCUT2D eigenvalue weighted by Gasteiger charge is -2.12. The highest BCUT2D eigenvalue weighted by Crippen LogP contribution is 2.39. The van der Waals surface area contributed by atoms with Crippen LogP contribution in [0.25, 0.3) is 76.8 Å². The van der Waals surface area contributed by atoms with Crippen molar-refractivity contribution in [2.24, 2.45) is 0 Å². The fourth-order valence-electron chi connectivity index (χ4n) is 5.78. The molecule has 0 N–H and O–H groups in total. The molecular formula is C35H22N2O. The Labute approximate surface area is 219 Å². The molecule has 3 heteroatoms. The molecule has 0 saturated heterocycles. The van der Waals surface area contributed by atoms with Crippen molar-refractivity contribution in [3.05, 3.63) is 121 Å². The molecule has 0 saturated carbocycles. The Morgan fingerprint density at radius 2 is 1.24 bits per heavy atom. The molecule has 2 heterocycles. The maximum Gasteiger partial charge on any atom is 0.143 e. The van der Waals surface area contributed by atoms with Crippen LogP contribution in [0.1, 0.15) is 5.69 Å². The van der Waals surface area contributed by atoms with Gasteiger partial charge >= 0.3 is 0 Å². The lowest BCUT2D eigenvalue weighted by Crippen LogP contribution is -1.91. The largest absolute Gasteiger partial charge is 0.455 e. The Kier molecular flexibility index (Phi) is 4.44. The Balaban J connectivity index is 1.34. The summed E-state index contributed by atoms with van der Waals surface area (Å²) >= 11 is 0. The van der Waals surface area contributed by atoms with Gasteiger partial charge in [0.15, 0.2) is 0 Å². The third-order valence-electron chi connectivity index (χ3n) is 7.55. The molecule has 0 radical (unpaired) electrons. The minimum atomic E-state index is 0.915. The van der Waals surface area contributed by atoms with E-state index in [1.807, 2.05) is 25.3 Å². The van der Waals surface area contributed by atoms with E-state index in [0.717, 1.165) is 66.1 Å². The van der Waals surface area contributed by atoms with E-state index in [1.165, 1.54) is 16.3 Å². The van der Waals surface area contributed by atoms with Crippen LogP contribution in [0.15, 0.2) is 120 Å². The number of hydrogen-bond acceptors (Lipinski definition) is 3. The summed E-state index contributed by atoms with van der Waals surface area (Å²) in [7, 11) is 0. The molecule has 0 spiro atoms. The van der Waals surface area contributed by atoms with Crippen molar-refractivity contribution in [1.29, 1.82) is 0 Å². The highest BCUT2D eigenvalue weighted by molar-refractivity contribution is 6.23.